The first-order chi connectivity index (χ1) is 12.9. The fourth-order valence-corrected chi connectivity index (χ4v) is 3.90. The van der Waals surface area contributed by atoms with Gasteiger partial charge in [-0.15, -0.1) is 0 Å². The number of anilines is 1. The van der Waals surface area contributed by atoms with Crippen LogP contribution < -0.4 is 4.90 Å². The van der Waals surface area contributed by atoms with E-state index in [0.29, 0.717) is 31.9 Å². The molecule has 0 spiro atoms. The smallest absolute Gasteiger partial charge is 0.389 e. The van der Waals surface area contributed by atoms with Crippen molar-refractivity contribution >= 4 is 5.69 Å². The van der Waals surface area contributed by atoms with Crippen molar-refractivity contribution in [3.05, 3.63) is 29.8 Å². The van der Waals surface area contributed by atoms with Gasteiger partial charge in [0, 0.05) is 38.4 Å². The van der Waals surface area contributed by atoms with E-state index < -0.39 is 17.8 Å². The molecular weight excluding hydrogens is 357 g/mol. The van der Waals surface area contributed by atoms with Gasteiger partial charge in [0.05, 0.1) is 24.4 Å². The summed E-state index contributed by atoms with van der Waals surface area (Å²) in [5, 5.41) is 10.2. The third-order valence-corrected chi connectivity index (χ3v) is 5.46. The number of β-amino-alcohol motifs (C(OH)–C–C–N with tert-alkyl or cyclic N) is 1. The van der Waals surface area contributed by atoms with E-state index in [2.05, 4.69) is 4.90 Å². The minimum absolute atomic E-state index is 0.283. The Bertz CT molecular complexity index is 583. The van der Waals surface area contributed by atoms with Gasteiger partial charge < -0.3 is 14.7 Å². The number of alkyl halides is 3. The van der Waals surface area contributed by atoms with E-state index in [1.807, 2.05) is 4.90 Å². The molecule has 4 nitrogen and oxygen atoms in total. The number of hydrogen-bond acceptors (Lipinski definition) is 4. The van der Waals surface area contributed by atoms with Crippen molar-refractivity contribution in [2.75, 3.05) is 44.2 Å². The number of benzene rings is 1. The molecule has 2 fully saturated rings. The Kier molecular flexibility index (Phi) is 7.00. The van der Waals surface area contributed by atoms with Crippen LogP contribution in [0, 0.1) is 0 Å². The highest BCUT2D eigenvalue weighted by Crippen LogP contribution is 2.31. The zero-order valence-electron chi connectivity index (χ0n) is 15.6. The van der Waals surface area contributed by atoms with Crippen molar-refractivity contribution in [3.63, 3.8) is 0 Å². The van der Waals surface area contributed by atoms with Crippen LogP contribution >= 0.6 is 0 Å². The van der Waals surface area contributed by atoms with E-state index in [-0.39, 0.29) is 6.10 Å². The van der Waals surface area contributed by atoms with Crippen LogP contribution in [0.5, 0.6) is 0 Å². The number of piperazine rings is 1. The van der Waals surface area contributed by atoms with Crippen LogP contribution in [0.4, 0.5) is 18.9 Å². The van der Waals surface area contributed by atoms with E-state index >= 15 is 0 Å². The Morgan fingerprint density at radius 2 is 1.78 bits per heavy atom. The highest BCUT2D eigenvalue weighted by atomic mass is 19.4. The lowest BCUT2D eigenvalue weighted by atomic mass is 9.98. The molecule has 7 heteroatoms. The summed E-state index contributed by atoms with van der Waals surface area (Å²) in [7, 11) is 0. The number of aliphatic hydroxyl groups excluding tert-OH is 1. The molecule has 0 unspecified atom stereocenters. The summed E-state index contributed by atoms with van der Waals surface area (Å²) in [4.78, 5) is 4.12. The molecule has 3 rings (SSSR count). The Balaban J connectivity index is 1.42. The maximum absolute atomic E-state index is 12.9. The van der Waals surface area contributed by atoms with Gasteiger partial charge in [-0.2, -0.15) is 13.2 Å². The van der Waals surface area contributed by atoms with Gasteiger partial charge in [0.15, 0.2) is 0 Å². The number of hydrogen-bond donors (Lipinski definition) is 1. The Morgan fingerprint density at radius 3 is 2.44 bits per heavy atom. The number of aliphatic hydroxyl groups is 1. The molecule has 1 heterocycles. The first-order valence-electron chi connectivity index (χ1n) is 9.86. The quantitative estimate of drug-likeness (QED) is 0.811. The number of nitrogens with zero attached hydrogens (tertiary/aromatic N) is 2. The lowest BCUT2D eigenvalue weighted by molar-refractivity contribution is -0.137. The molecule has 0 radical (unpaired) electrons. The maximum Gasteiger partial charge on any atom is 0.416 e. The molecule has 1 atom stereocenters. The fourth-order valence-electron chi connectivity index (χ4n) is 3.90. The van der Waals surface area contributed by atoms with Gasteiger partial charge in [-0.25, -0.2) is 0 Å². The molecule has 0 aromatic heterocycles. The predicted octanol–water partition coefficient (Wildman–Crippen LogP) is 3.54. The molecule has 1 aromatic rings. The Hall–Kier alpha value is -1.31. The molecule has 1 aliphatic carbocycles. The molecule has 0 bridgehead atoms. The van der Waals surface area contributed by atoms with Crippen LogP contribution in [0.1, 0.15) is 37.7 Å². The van der Waals surface area contributed by atoms with Crippen molar-refractivity contribution in [1.82, 2.24) is 4.90 Å². The van der Waals surface area contributed by atoms with Crippen molar-refractivity contribution in [3.8, 4) is 0 Å². The van der Waals surface area contributed by atoms with E-state index in [1.54, 1.807) is 6.07 Å². The van der Waals surface area contributed by atoms with Crippen molar-refractivity contribution < 1.29 is 23.0 Å². The maximum atomic E-state index is 12.9. The largest absolute Gasteiger partial charge is 0.416 e. The molecule has 2 aliphatic rings. The van der Waals surface area contributed by atoms with Crippen LogP contribution in [-0.2, 0) is 10.9 Å². The number of halogens is 3. The molecule has 1 saturated heterocycles. The molecule has 1 N–H and O–H groups in total. The summed E-state index contributed by atoms with van der Waals surface area (Å²) >= 11 is 0. The van der Waals surface area contributed by atoms with Crippen molar-refractivity contribution in [1.29, 1.82) is 0 Å². The SMILES string of the molecule is O[C@@H](COC1CCCCC1)CN1CCN(c2cccc(C(F)(F)F)c2)CC1. The van der Waals surface area contributed by atoms with Crippen molar-refractivity contribution in [2.24, 2.45) is 0 Å². The van der Waals surface area contributed by atoms with Crippen LogP contribution in [0.25, 0.3) is 0 Å². The highest BCUT2D eigenvalue weighted by Gasteiger charge is 2.31. The van der Waals surface area contributed by atoms with Crippen LogP contribution in [0.15, 0.2) is 24.3 Å². The average Bonchev–Trinajstić information content (AvgIpc) is 2.67. The third kappa shape index (κ3) is 6.09. The first-order valence-corrected chi connectivity index (χ1v) is 9.86. The summed E-state index contributed by atoms with van der Waals surface area (Å²) in [6, 6.07) is 5.49. The molecule has 1 aliphatic heterocycles. The van der Waals surface area contributed by atoms with Gasteiger partial charge in [0.2, 0.25) is 0 Å². The lowest BCUT2D eigenvalue weighted by Crippen LogP contribution is -2.49. The fraction of sp³-hybridized carbons (Fsp3) is 0.700. The van der Waals surface area contributed by atoms with E-state index in [0.717, 1.165) is 32.0 Å². The number of ether oxygens (including phenoxy) is 1. The second-order valence-electron chi connectivity index (χ2n) is 7.58. The van der Waals surface area contributed by atoms with Crippen LogP contribution in [0.3, 0.4) is 0 Å². The van der Waals surface area contributed by atoms with Gasteiger partial charge >= 0.3 is 6.18 Å². The second kappa shape index (κ2) is 9.26. The Labute approximate surface area is 158 Å². The van der Waals surface area contributed by atoms with E-state index in [9.17, 15) is 18.3 Å². The number of rotatable bonds is 6. The standard InChI is InChI=1S/C20H29F3N2O2/c21-20(22,23)16-5-4-6-17(13-16)25-11-9-24(10-12-25)14-18(26)15-27-19-7-2-1-3-8-19/h4-6,13,18-19,26H,1-3,7-12,14-15H2/t18-/m1/s1. The molecule has 1 aromatic carbocycles. The van der Waals surface area contributed by atoms with E-state index in [1.165, 1.54) is 31.4 Å². The van der Waals surface area contributed by atoms with Crippen molar-refractivity contribution in [2.45, 2.75) is 50.5 Å². The van der Waals surface area contributed by atoms with Gasteiger partial charge in [-0.05, 0) is 31.0 Å². The average molecular weight is 386 g/mol. The highest BCUT2D eigenvalue weighted by molar-refractivity contribution is 5.49. The van der Waals surface area contributed by atoms with Gasteiger partial charge in [0.1, 0.15) is 0 Å². The summed E-state index contributed by atoms with van der Waals surface area (Å²) in [5.41, 5.74) is -0.0108. The molecule has 0 amide bonds. The normalized spacial score (nSPS) is 21.4. The molecule has 1 saturated carbocycles. The van der Waals surface area contributed by atoms with Gasteiger partial charge in [-0.3, -0.25) is 4.90 Å². The summed E-state index contributed by atoms with van der Waals surface area (Å²) in [5.74, 6) is 0. The minimum Gasteiger partial charge on any atom is -0.389 e. The third-order valence-electron chi connectivity index (χ3n) is 5.46. The predicted molar refractivity (Wildman–Crippen MR) is 98.9 cm³/mol. The molecule has 152 valence electrons. The summed E-state index contributed by atoms with van der Waals surface area (Å²) in [6.45, 7) is 3.64. The summed E-state index contributed by atoms with van der Waals surface area (Å²) in [6.07, 6.45) is 1.30. The minimum atomic E-state index is -4.32. The monoisotopic (exact) mass is 386 g/mol. The first kappa shape index (κ1) is 20.4. The topological polar surface area (TPSA) is 35.9 Å². The van der Waals surface area contributed by atoms with Gasteiger partial charge in [-0.1, -0.05) is 25.3 Å². The second-order valence-corrected chi connectivity index (χ2v) is 7.58. The lowest BCUT2D eigenvalue weighted by Gasteiger charge is -2.37. The zero-order chi connectivity index (χ0) is 19.3. The summed E-state index contributed by atoms with van der Waals surface area (Å²) < 4.78 is 44.5. The van der Waals surface area contributed by atoms with Crippen LogP contribution in [-0.4, -0.2) is 61.5 Å². The zero-order valence-corrected chi connectivity index (χ0v) is 15.6. The van der Waals surface area contributed by atoms with E-state index in [4.69, 9.17) is 4.74 Å². The Morgan fingerprint density at radius 1 is 1.07 bits per heavy atom. The van der Waals surface area contributed by atoms with Crippen LogP contribution in [0.2, 0.25) is 0 Å². The molecule has 27 heavy (non-hydrogen) atoms. The molecular formula is C20H29F3N2O2. The van der Waals surface area contributed by atoms with Gasteiger partial charge in [0.25, 0.3) is 0 Å².